The molecule has 0 fully saturated rings. The van der Waals surface area contributed by atoms with Gasteiger partial charge in [-0.15, -0.1) is 10.2 Å². The summed E-state index contributed by atoms with van der Waals surface area (Å²) in [7, 11) is 0. The predicted octanol–water partition coefficient (Wildman–Crippen LogP) is 4.26. The molecule has 0 N–H and O–H groups in total. The molecule has 0 aliphatic rings. The molecule has 88 valence electrons. The van der Waals surface area contributed by atoms with E-state index in [-0.39, 0.29) is 0 Å². The van der Waals surface area contributed by atoms with Crippen LogP contribution in [-0.4, -0.2) is 10.2 Å². The minimum absolute atomic E-state index is 0.412. The van der Waals surface area contributed by atoms with Crippen LogP contribution >= 0.6 is 11.6 Å². The molecular weight excluding hydrogens is 244 g/mol. The van der Waals surface area contributed by atoms with Gasteiger partial charge < -0.3 is 0 Å². The maximum absolute atomic E-state index is 5.74. The van der Waals surface area contributed by atoms with Gasteiger partial charge in [0.2, 0.25) is 0 Å². The Morgan fingerprint density at radius 2 is 1.61 bits per heavy atom. The molecular formula is C15H11ClN2. The van der Waals surface area contributed by atoms with Crippen LogP contribution in [0, 0.1) is 6.92 Å². The summed E-state index contributed by atoms with van der Waals surface area (Å²) in [6, 6.07) is 16.3. The molecule has 0 aliphatic carbocycles. The van der Waals surface area contributed by atoms with Crippen molar-refractivity contribution in [1.82, 2.24) is 10.2 Å². The third-order valence-corrected chi connectivity index (χ3v) is 3.13. The van der Waals surface area contributed by atoms with Gasteiger partial charge in [0, 0.05) is 5.56 Å². The predicted molar refractivity (Wildman–Crippen MR) is 74.7 cm³/mol. The summed E-state index contributed by atoms with van der Waals surface area (Å²) in [5.74, 6) is 0. The van der Waals surface area contributed by atoms with Gasteiger partial charge >= 0.3 is 0 Å². The Bertz CT molecular complexity index is 705. The second-order valence-electron chi connectivity index (χ2n) is 4.31. The maximum Gasteiger partial charge on any atom is 0.151 e. The number of aryl methyl sites for hydroxylation is 1. The van der Waals surface area contributed by atoms with E-state index in [0.717, 1.165) is 11.3 Å². The molecule has 2 aromatic carbocycles. The van der Waals surface area contributed by atoms with E-state index in [1.807, 2.05) is 6.07 Å². The molecule has 0 amide bonds. The van der Waals surface area contributed by atoms with E-state index >= 15 is 0 Å². The standard InChI is InChI=1S/C15H11ClN2/c1-10-2-3-12-9-13(5-4-11(12)8-10)14-6-7-15(16)18-17-14/h2-9H,1H3. The average Bonchev–Trinajstić information content (AvgIpc) is 2.39. The Morgan fingerprint density at radius 3 is 2.39 bits per heavy atom. The average molecular weight is 255 g/mol. The monoisotopic (exact) mass is 254 g/mol. The van der Waals surface area contributed by atoms with Crippen molar-refractivity contribution < 1.29 is 0 Å². The third kappa shape index (κ3) is 2.07. The van der Waals surface area contributed by atoms with Crippen molar-refractivity contribution in [2.45, 2.75) is 6.92 Å². The molecule has 1 aromatic heterocycles. The first-order valence-electron chi connectivity index (χ1n) is 5.72. The molecule has 18 heavy (non-hydrogen) atoms. The van der Waals surface area contributed by atoms with Crippen molar-refractivity contribution in [3.63, 3.8) is 0 Å². The highest BCUT2D eigenvalue weighted by atomic mass is 35.5. The van der Waals surface area contributed by atoms with Gasteiger partial charge in [-0.2, -0.15) is 0 Å². The number of fused-ring (bicyclic) bond motifs is 1. The van der Waals surface area contributed by atoms with Crippen molar-refractivity contribution in [3.8, 4) is 11.3 Å². The summed E-state index contributed by atoms with van der Waals surface area (Å²) in [6.07, 6.45) is 0. The number of benzene rings is 2. The lowest BCUT2D eigenvalue weighted by atomic mass is 10.0. The number of hydrogen-bond donors (Lipinski definition) is 0. The van der Waals surface area contributed by atoms with Crippen LogP contribution in [-0.2, 0) is 0 Å². The highest BCUT2D eigenvalue weighted by molar-refractivity contribution is 6.29. The SMILES string of the molecule is Cc1ccc2cc(-c3ccc(Cl)nn3)ccc2c1. The van der Waals surface area contributed by atoms with Gasteiger partial charge in [-0.1, -0.05) is 47.5 Å². The highest BCUT2D eigenvalue weighted by Gasteiger charge is 2.02. The fraction of sp³-hybridized carbons (Fsp3) is 0.0667. The molecule has 0 bridgehead atoms. The molecule has 0 saturated heterocycles. The van der Waals surface area contributed by atoms with Crippen molar-refractivity contribution in [1.29, 1.82) is 0 Å². The van der Waals surface area contributed by atoms with Crippen LogP contribution in [0.25, 0.3) is 22.0 Å². The summed E-state index contributed by atoms with van der Waals surface area (Å²) in [5, 5.41) is 10.8. The molecule has 0 saturated carbocycles. The Hall–Kier alpha value is -1.93. The minimum atomic E-state index is 0.412. The van der Waals surface area contributed by atoms with Gasteiger partial charge in [0.15, 0.2) is 5.15 Å². The molecule has 3 rings (SSSR count). The van der Waals surface area contributed by atoms with Gasteiger partial charge in [0.05, 0.1) is 5.69 Å². The minimum Gasteiger partial charge on any atom is -0.149 e. The summed E-state index contributed by atoms with van der Waals surface area (Å²) in [5.41, 5.74) is 3.15. The molecule has 2 nitrogen and oxygen atoms in total. The topological polar surface area (TPSA) is 25.8 Å². The zero-order chi connectivity index (χ0) is 12.5. The largest absolute Gasteiger partial charge is 0.151 e. The lowest BCUT2D eigenvalue weighted by molar-refractivity contribution is 1.04. The second kappa shape index (κ2) is 4.39. The summed E-state index contributed by atoms with van der Waals surface area (Å²) < 4.78 is 0. The summed E-state index contributed by atoms with van der Waals surface area (Å²) in [6.45, 7) is 2.10. The zero-order valence-electron chi connectivity index (χ0n) is 9.89. The fourth-order valence-corrected chi connectivity index (χ4v) is 2.10. The van der Waals surface area contributed by atoms with Crippen LogP contribution in [0.5, 0.6) is 0 Å². The fourth-order valence-electron chi connectivity index (χ4n) is 1.99. The molecule has 0 radical (unpaired) electrons. The van der Waals surface area contributed by atoms with E-state index < -0.39 is 0 Å². The maximum atomic E-state index is 5.74. The number of hydrogen-bond acceptors (Lipinski definition) is 2. The molecule has 0 unspecified atom stereocenters. The lowest BCUT2D eigenvalue weighted by Crippen LogP contribution is -1.87. The lowest BCUT2D eigenvalue weighted by Gasteiger charge is -2.03. The number of nitrogens with zero attached hydrogens (tertiary/aromatic N) is 2. The van der Waals surface area contributed by atoms with Gasteiger partial charge in [-0.25, -0.2) is 0 Å². The number of rotatable bonds is 1. The molecule has 0 aliphatic heterocycles. The van der Waals surface area contributed by atoms with Crippen LogP contribution in [0.1, 0.15) is 5.56 Å². The van der Waals surface area contributed by atoms with Crippen molar-refractivity contribution in [2.24, 2.45) is 0 Å². The molecule has 3 heteroatoms. The van der Waals surface area contributed by atoms with Crippen LogP contribution in [0.4, 0.5) is 0 Å². The molecule has 0 atom stereocenters. The van der Waals surface area contributed by atoms with E-state index in [9.17, 15) is 0 Å². The summed E-state index contributed by atoms with van der Waals surface area (Å²) in [4.78, 5) is 0. The molecule has 1 heterocycles. The first-order valence-corrected chi connectivity index (χ1v) is 6.10. The smallest absolute Gasteiger partial charge is 0.149 e. The Kier molecular flexibility index (Phi) is 2.73. The molecule has 0 spiro atoms. The van der Waals surface area contributed by atoms with Gasteiger partial charge in [0.1, 0.15) is 0 Å². The highest BCUT2D eigenvalue weighted by Crippen LogP contribution is 2.23. The Balaban J connectivity index is 2.13. The zero-order valence-corrected chi connectivity index (χ0v) is 10.6. The second-order valence-corrected chi connectivity index (χ2v) is 4.69. The summed E-state index contributed by atoms with van der Waals surface area (Å²) >= 11 is 5.74. The Morgan fingerprint density at radius 1 is 0.833 bits per heavy atom. The van der Waals surface area contributed by atoms with E-state index in [1.165, 1.54) is 16.3 Å². The van der Waals surface area contributed by atoms with E-state index in [1.54, 1.807) is 6.07 Å². The Labute approximate surface area is 110 Å². The molecule has 3 aromatic rings. The van der Waals surface area contributed by atoms with Crippen LogP contribution in [0.15, 0.2) is 48.5 Å². The number of halogens is 1. The van der Waals surface area contributed by atoms with Gasteiger partial charge in [-0.05, 0) is 35.9 Å². The van der Waals surface area contributed by atoms with Crippen molar-refractivity contribution >= 4 is 22.4 Å². The van der Waals surface area contributed by atoms with E-state index in [0.29, 0.717) is 5.15 Å². The van der Waals surface area contributed by atoms with Gasteiger partial charge in [-0.3, -0.25) is 0 Å². The van der Waals surface area contributed by atoms with E-state index in [2.05, 4.69) is 53.5 Å². The van der Waals surface area contributed by atoms with Crippen molar-refractivity contribution in [2.75, 3.05) is 0 Å². The van der Waals surface area contributed by atoms with Crippen LogP contribution in [0.3, 0.4) is 0 Å². The number of aromatic nitrogens is 2. The third-order valence-electron chi connectivity index (χ3n) is 2.92. The quantitative estimate of drug-likeness (QED) is 0.648. The van der Waals surface area contributed by atoms with Gasteiger partial charge in [0.25, 0.3) is 0 Å². The van der Waals surface area contributed by atoms with Crippen LogP contribution < -0.4 is 0 Å². The first-order chi connectivity index (χ1) is 8.72. The van der Waals surface area contributed by atoms with E-state index in [4.69, 9.17) is 11.6 Å². The first kappa shape index (κ1) is 11.2. The van der Waals surface area contributed by atoms with Crippen molar-refractivity contribution in [3.05, 3.63) is 59.2 Å². The van der Waals surface area contributed by atoms with Crippen LogP contribution in [0.2, 0.25) is 5.15 Å². The normalized spacial score (nSPS) is 10.8.